The summed E-state index contributed by atoms with van der Waals surface area (Å²) >= 11 is 1.50. The van der Waals surface area contributed by atoms with Crippen molar-refractivity contribution in [1.82, 2.24) is 20.1 Å². The van der Waals surface area contributed by atoms with E-state index in [2.05, 4.69) is 16.5 Å². The fourth-order valence-electron chi connectivity index (χ4n) is 3.20. The molecule has 0 saturated heterocycles. The van der Waals surface area contributed by atoms with Crippen LogP contribution in [0.2, 0.25) is 0 Å². The van der Waals surface area contributed by atoms with Crippen LogP contribution >= 0.6 is 11.3 Å². The Morgan fingerprint density at radius 2 is 2.00 bits per heavy atom. The molecule has 0 aliphatic rings. The maximum Gasteiger partial charge on any atom is 0.239 e. The highest BCUT2D eigenvalue weighted by Crippen LogP contribution is 2.32. The van der Waals surface area contributed by atoms with Gasteiger partial charge in [-0.15, -0.1) is 0 Å². The van der Waals surface area contributed by atoms with Gasteiger partial charge in [0.1, 0.15) is 5.82 Å². The van der Waals surface area contributed by atoms with Crippen LogP contribution in [0.5, 0.6) is 0 Å². The van der Waals surface area contributed by atoms with Crippen LogP contribution in [0, 0.1) is 19.7 Å². The molecule has 154 valence electrons. The summed E-state index contributed by atoms with van der Waals surface area (Å²) in [6.45, 7) is 4.27. The minimum absolute atomic E-state index is 0.126. The van der Waals surface area contributed by atoms with Crippen LogP contribution < -0.4 is 10.2 Å². The van der Waals surface area contributed by atoms with Gasteiger partial charge in [-0.05, 0) is 37.6 Å². The number of aromatic nitrogens is 3. The number of hydrogen-bond donors (Lipinski definition) is 1. The topological polar surface area (TPSA) is 63.1 Å². The van der Waals surface area contributed by atoms with Crippen LogP contribution in [0.4, 0.5) is 9.52 Å². The van der Waals surface area contributed by atoms with Gasteiger partial charge in [0, 0.05) is 19.2 Å². The third kappa shape index (κ3) is 4.04. The molecular weight excluding hydrogens is 401 g/mol. The summed E-state index contributed by atoms with van der Waals surface area (Å²) in [6.07, 6.45) is 0. The number of carbonyl (C=O) groups is 1. The van der Waals surface area contributed by atoms with Crippen LogP contribution in [-0.2, 0) is 11.3 Å². The van der Waals surface area contributed by atoms with E-state index in [0.29, 0.717) is 5.56 Å². The van der Waals surface area contributed by atoms with E-state index in [9.17, 15) is 9.18 Å². The van der Waals surface area contributed by atoms with E-state index in [1.165, 1.54) is 17.4 Å². The molecule has 0 atom stereocenters. The molecule has 4 aromatic rings. The predicted octanol–water partition coefficient (Wildman–Crippen LogP) is 3.99. The molecule has 2 aromatic heterocycles. The average Bonchev–Trinajstić information content (AvgIpc) is 3.28. The number of likely N-dealkylation sites (N-methyl/N-ethyl adjacent to an activating group) is 1. The molecule has 0 bridgehead atoms. The van der Waals surface area contributed by atoms with Gasteiger partial charge in [-0.1, -0.05) is 41.7 Å². The number of hydrogen-bond acceptors (Lipinski definition) is 5. The van der Waals surface area contributed by atoms with Crippen molar-refractivity contribution in [3.63, 3.8) is 0 Å². The van der Waals surface area contributed by atoms with Gasteiger partial charge in [0.2, 0.25) is 5.91 Å². The molecule has 1 N–H and O–H groups in total. The number of aryl methyl sites for hydroxylation is 2. The van der Waals surface area contributed by atoms with Crippen LogP contribution in [0.25, 0.3) is 16.0 Å². The number of nitrogens with one attached hydrogen (secondary N) is 1. The number of amides is 1. The fraction of sp³-hybridized carbons (Fsp3) is 0.227. The summed E-state index contributed by atoms with van der Waals surface area (Å²) in [5.74, 6) is -0.523. The normalized spacial score (nSPS) is 11.1. The van der Waals surface area contributed by atoms with Crippen molar-refractivity contribution in [1.29, 1.82) is 0 Å². The van der Waals surface area contributed by atoms with Gasteiger partial charge < -0.3 is 10.2 Å². The van der Waals surface area contributed by atoms with Crippen LogP contribution in [0.3, 0.4) is 0 Å². The lowest BCUT2D eigenvalue weighted by Gasteiger charge is -2.15. The number of thiazole rings is 1. The van der Waals surface area contributed by atoms with Crippen molar-refractivity contribution in [3.8, 4) is 5.69 Å². The first-order chi connectivity index (χ1) is 14.4. The summed E-state index contributed by atoms with van der Waals surface area (Å²) in [4.78, 5) is 18.9. The lowest BCUT2D eigenvalue weighted by atomic mass is 10.2. The number of benzene rings is 2. The third-order valence-electron chi connectivity index (χ3n) is 4.76. The molecule has 0 unspecified atom stereocenters. The van der Waals surface area contributed by atoms with Crippen LogP contribution in [0.15, 0.2) is 48.5 Å². The molecule has 0 fully saturated rings. The summed E-state index contributed by atoms with van der Waals surface area (Å²) in [7, 11) is 1.82. The summed E-state index contributed by atoms with van der Waals surface area (Å²) in [5.41, 5.74) is 4.23. The lowest BCUT2D eigenvalue weighted by Crippen LogP contribution is -2.34. The molecule has 2 heterocycles. The van der Waals surface area contributed by atoms with E-state index >= 15 is 0 Å². The summed E-state index contributed by atoms with van der Waals surface area (Å²) in [5, 5.41) is 8.12. The predicted molar refractivity (Wildman–Crippen MR) is 118 cm³/mol. The van der Waals surface area contributed by atoms with Gasteiger partial charge in [-0.3, -0.25) is 4.79 Å². The van der Waals surface area contributed by atoms with Gasteiger partial charge in [0.25, 0.3) is 0 Å². The molecule has 0 spiro atoms. The first kappa shape index (κ1) is 20.0. The Balaban J connectivity index is 1.50. The Hall–Kier alpha value is -3.26. The van der Waals surface area contributed by atoms with Gasteiger partial charge in [-0.2, -0.15) is 10.1 Å². The molecule has 6 nitrogen and oxygen atoms in total. The van der Waals surface area contributed by atoms with E-state index in [1.54, 1.807) is 23.1 Å². The highest BCUT2D eigenvalue weighted by Gasteiger charge is 2.18. The molecule has 0 aliphatic carbocycles. The standard InChI is InChI=1S/C22H22FN5OS/c1-14-7-6-9-17(11-14)28-21-20(15(2)26-28)30-22(25-21)27(3)13-19(29)24-12-16-8-4-5-10-18(16)23/h4-11H,12-13H2,1-3H3,(H,24,29). The van der Waals surface area contributed by atoms with Gasteiger partial charge >= 0.3 is 0 Å². The Kier molecular flexibility index (Phi) is 5.50. The van der Waals surface area contributed by atoms with E-state index in [0.717, 1.165) is 32.4 Å². The molecular formula is C22H22FN5OS. The van der Waals surface area contributed by atoms with Crippen LogP contribution in [0.1, 0.15) is 16.8 Å². The molecule has 0 saturated carbocycles. The molecule has 30 heavy (non-hydrogen) atoms. The zero-order valence-electron chi connectivity index (χ0n) is 17.0. The summed E-state index contributed by atoms with van der Waals surface area (Å²) < 4.78 is 16.5. The number of fused-ring (bicyclic) bond motifs is 1. The van der Waals surface area contributed by atoms with E-state index in [1.807, 2.05) is 43.8 Å². The van der Waals surface area contributed by atoms with Crippen molar-refractivity contribution in [2.75, 3.05) is 18.5 Å². The highest BCUT2D eigenvalue weighted by molar-refractivity contribution is 7.22. The second-order valence-corrected chi connectivity index (χ2v) is 8.19. The van der Waals surface area contributed by atoms with E-state index < -0.39 is 0 Å². The van der Waals surface area contributed by atoms with Crippen molar-refractivity contribution in [3.05, 3.63) is 71.2 Å². The first-order valence-corrected chi connectivity index (χ1v) is 10.4. The van der Waals surface area contributed by atoms with Gasteiger partial charge in [-0.25, -0.2) is 9.07 Å². The number of rotatable bonds is 6. The Morgan fingerprint density at radius 1 is 1.20 bits per heavy atom. The minimum Gasteiger partial charge on any atom is -0.350 e. The Bertz CT molecular complexity index is 1220. The van der Waals surface area contributed by atoms with Crippen molar-refractivity contribution >= 4 is 32.7 Å². The number of carbonyl (C=O) groups excluding carboxylic acids is 1. The minimum atomic E-state index is -0.325. The number of nitrogens with zero attached hydrogens (tertiary/aromatic N) is 4. The maximum atomic E-state index is 13.7. The van der Waals surface area contributed by atoms with Crippen molar-refractivity contribution in [2.24, 2.45) is 0 Å². The fourth-order valence-corrected chi connectivity index (χ4v) is 4.15. The van der Waals surface area contributed by atoms with E-state index in [-0.39, 0.29) is 24.8 Å². The molecule has 0 radical (unpaired) electrons. The monoisotopic (exact) mass is 423 g/mol. The third-order valence-corrected chi connectivity index (χ3v) is 6.03. The lowest BCUT2D eigenvalue weighted by molar-refractivity contribution is -0.119. The van der Waals surface area contributed by atoms with Gasteiger partial charge in [0.05, 0.1) is 22.6 Å². The molecule has 2 aromatic carbocycles. The van der Waals surface area contributed by atoms with E-state index in [4.69, 9.17) is 4.98 Å². The molecule has 4 rings (SSSR count). The zero-order chi connectivity index (χ0) is 21.3. The molecule has 8 heteroatoms. The smallest absolute Gasteiger partial charge is 0.239 e. The average molecular weight is 424 g/mol. The molecule has 0 aliphatic heterocycles. The van der Waals surface area contributed by atoms with Crippen LogP contribution in [-0.4, -0.2) is 34.3 Å². The largest absolute Gasteiger partial charge is 0.350 e. The highest BCUT2D eigenvalue weighted by atomic mass is 32.1. The second-order valence-electron chi connectivity index (χ2n) is 7.21. The maximum absolute atomic E-state index is 13.7. The second kappa shape index (κ2) is 8.23. The number of halogens is 1. The van der Waals surface area contributed by atoms with Crippen molar-refractivity contribution in [2.45, 2.75) is 20.4 Å². The van der Waals surface area contributed by atoms with Gasteiger partial charge in [0.15, 0.2) is 10.8 Å². The number of anilines is 1. The first-order valence-electron chi connectivity index (χ1n) is 9.57. The summed E-state index contributed by atoms with van der Waals surface area (Å²) in [6, 6.07) is 14.5. The molecule has 1 amide bonds. The van der Waals surface area contributed by atoms with Crippen molar-refractivity contribution < 1.29 is 9.18 Å². The Morgan fingerprint density at radius 3 is 2.77 bits per heavy atom. The quantitative estimate of drug-likeness (QED) is 0.509. The zero-order valence-corrected chi connectivity index (χ0v) is 17.8. The Labute approximate surface area is 178 Å². The SMILES string of the molecule is Cc1cccc(-n2nc(C)c3sc(N(C)CC(=O)NCc4ccccc4F)nc32)c1.